The quantitative estimate of drug-likeness (QED) is 0.637. The molecule has 1 rings (SSSR count). The van der Waals surface area contributed by atoms with Crippen LogP contribution in [0, 0.1) is 0 Å². The van der Waals surface area contributed by atoms with E-state index in [1.807, 2.05) is 5.38 Å². The van der Waals surface area contributed by atoms with Crippen LogP contribution in [0.25, 0.3) is 0 Å². The number of aliphatic hydroxyl groups excluding tert-OH is 1. The van der Waals surface area contributed by atoms with E-state index < -0.39 is 0 Å². The lowest BCUT2D eigenvalue weighted by Gasteiger charge is -2.04. The summed E-state index contributed by atoms with van der Waals surface area (Å²) in [6, 6.07) is 0. The second-order valence-corrected chi connectivity index (χ2v) is 3.56. The Morgan fingerprint density at radius 3 is 3.13 bits per heavy atom. The Hall–Kier alpha value is -0.980. The summed E-state index contributed by atoms with van der Waals surface area (Å²) in [4.78, 5) is 15.3. The van der Waals surface area contributed by atoms with Crippen molar-refractivity contribution in [1.29, 1.82) is 0 Å². The first-order chi connectivity index (χ1) is 7.33. The Bertz CT molecular complexity index is 277. The minimum Gasteiger partial charge on any atom is -0.394 e. The highest BCUT2D eigenvalue weighted by atomic mass is 32.1. The molecule has 1 aromatic rings. The van der Waals surface area contributed by atoms with E-state index in [1.54, 1.807) is 5.51 Å². The number of hydrogen-bond acceptors (Lipinski definition) is 5. The molecule has 5 nitrogen and oxygen atoms in total. The number of amides is 1. The summed E-state index contributed by atoms with van der Waals surface area (Å²) in [5, 5.41) is 13.0. The van der Waals surface area contributed by atoms with Crippen molar-refractivity contribution in [3.63, 3.8) is 0 Å². The van der Waals surface area contributed by atoms with Gasteiger partial charge >= 0.3 is 0 Å². The summed E-state index contributed by atoms with van der Waals surface area (Å²) in [6.07, 6.45) is 0.309. The Morgan fingerprint density at radius 2 is 2.47 bits per heavy atom. The van der Waals surface area contributed by atoms with Gasteiger partial charge in [0.15, 0.2) is 0 Å². The highest BCUT2D eigenvalue weighted by Crippen LogP contribution is 2.00. The fraction of sp³-hybridized carbons (Fsp3) is 0.556. The third-order valence-corrected chi connectivity index (χ3v) is 2.26. The van der Waals surface area contributed by atoms with Gasteiger partial charge in [-0.15, -0.1) is 11.3 Å². The van der Waals surface area contributed by atoms with Crippen molar-refractivity contribution in [2.75, 3.05) is 26.4 Å². The SMILES string of the molecule is O=C(Cc1cscn1)NCCOCCO. The molecule has 0 aromatic carbocycles. The summed E-state index contributed by atoms with van der Waals surface area (Å²) >= 11 is 1.47. The minimum absolute atomic E-state index is 0.00672. The van der Waals surface area contributed by atoms with Gasteiger partial charge in [0.1, 0.15) is 0 Å². The van der Waals surface area contributed by atoms with Gasteiger partial charge in [-0.3, -0.25) is 4.79 Å². The van der Waals surface area contributed by atoms with Gasteiger partial charge in [0.25, 0.3) is 0 Å². The molecule has 0 spiro atoms. The molecule has 6 heteroatoms. The first-order valence-electron chi connectivity index (χ1n) is 4.65. The second-order valence-electron chi connectivity index (χ2n) is 2.84. The molecule has 84 valence electrons. The topological polar surface area (TPSA) is 71.5 Å². The van der Waals surface area contributed by atoms with Gasteiger partial charge in [-0.05, 0) is 0 Å². The van der Waals surface area contributed by atoms with E-state index in [0.717, 1.165) is 5.69 Å². The Morgan fingerprint density at radius 1 is 1.60 bits per heavy atom. The summed E-state index contributed by atoms with van der Waals surface area (Å²) in [7, 11) is 0. The number of carbonyl (C=O) groups excluding carboxylic acids is 1. The highest BCUT2D eigenvalue weighted by molar-refractivity contribution is 7.07. The third-order valence-electron chi connectivity index (χ3n) is 1.63. The molecular weight excluding hydrogens is 216 g/mol. The number of thiazole rings is 1. The van der Waals surface area contributed by atoms with Crippen LogP contribution in [0.1, 0.15) is 5.69 Å². The fourth-order valence-electron chi connectivity index (χ4n) is 0.981. The van der Waals surface area contributed by atoms with E-state index >= 15 is 0 Å². The fourth-order valence-corrected chi connectivity index (χ4v) is 1.54. The Labute approximate surface area is 92.1 Å². The first kappa shape index (κ1) is 12.1. The molecule has 15 heavy (non-hydrogen) atoms. The summed E-state index contributed by atoms with van der Waals surface area (Å²) in [5.74, 6) is -0.0616. The van der Waals surface area contributed by atoms with Gasteiger partial charge in [0, 0.05) is 11.9 Å². The molecule has 0 aliphatic carbocycles. The molecule has 1 aromatic heterocycles. The van der Waals surface area contributed by atoms with Crippen LogP contribution in [0.5, 0.6) is 0 Å². The predicted octanol–water partition coefficient (Wildman–Crippen LogP) is -0.189. The van der Waals surface area contributed by atoms with Crippen LogP contribution in [-0.4, -0.2) is 42.4 Å². The van der Waals surface area contributed by atoms with Crippen LogP contribution in [-0.2, 0) is 16.0 Å². The largest absolute Gasteiger partial charge is 0.394 e. The maximum Gasteiger partial charge on any atom is 0.226 e. The lowest BCUT2D eigenvalue weighted by atomic mass is 10.3. The number of rotatable bonds is 7. The van der Waals surface area contributed by atoms with Crippen molar-refractivity contribution in [2.24, 2.45) is 0 Å². The Balaban J connectivity index is 2.04. The van der Waals surface area contributed by atoms with Crippen LogP contribution in [0.4, 0.5) is 0 Å². The molecule has 0 unspecified atom stereocenters. The predicted molar refractivity (Wildman–Crippen MR) is 56.7 cm³/mol. The molecule has 0 aliphatic heterocycles. The van der Waals surface area contributed by atoms with Crippen molar-refractivity contribution < 1.29 is 14.6 Å². The normalized spacial score (nSPS) is 10.2. The van der Waals surface area contributed by atoms with Crippen LogP contribution in [0.2, 0.25) is 0 Å². The molecule has 0 aliphatic rings. The lowest BCUT2D eigenvalue weighted by molar-refractivity contribution is -0.120. The number of ether oxygens (including phenoxy) is 1. The molecule has 0 atom stereocenters. The smallest absolute Gasteiger partial charge is 0.226 e. The van der Waals surface area contributed by atoms with E-state index in [4.69, 9.17) is 9.84 Å². The number of nitrogens with one attached hydrogen (secondary N) is 1. The average molecular weight is 230 g/mol. The number of aromatic nitrogens is 1. The molecule has 0 saturated heterocycles. The zero-order chi connectivity index (χ0) is 10.9. The van der Waals surface area contributed by atoms with Crippen LogP contribution >= 0.6 is 11.3 Å². The van der Waals surface area contributed by atoms with Gasteiger partial charge in [-0.25, -0.2) is 4.98 Å². The van der Waals surface area contributed by atoms with Gasteiger partial charge < -0.3 is 15.2 Å². The highest BCUT2D eigenvalue weighted by Gasteiger charge is 2.03. The second kappa shape index (κ2) is 7.33. The molecule has 0 radical (unpaired) electrons. The molecule has 0 saturated carbocycles. The first-order valence-corrected chi connectivity index (χ1v) is 5.59. The third kappa shape index (κ3) is 5.46. The zero-order valence-electron chi connectivity index (χ0n) is 8.31. The standard InChI is InChI=1S/C9H14N2O3S/c12-2-4-14-3-1-10-9(13)5-8-6-15-7-11-8/h6-7,12H,1-5H2,(H,10,13). The van der Waals surface area contributed by atoms with Crippen molar-refractivity contribution in [3.05, 3.63) is 16.6 Å². The van der Waals surface area contributed by atoms with Crippen molar-refractivity contribution in [2.45, 2.75) is 6.42 Å². The van der Waals surface area contributed by atoms with Gasteiger partial charge in [0.2, 0.25) is 5.91 Å². The summed E-state index contributed by atoms with van der Waals surface area (Å²) < 4.78 is 4.99. The van der Waals surface area contributed by atoms with Gasteiger partial charge in [-0.2, -0.15) is 0 Å². The van der Waals surface area contributed by atoms with E-state index in [-0.39, 0.29) is 12.5 Å². The zero-order valence-corrected chi connectivity index (χ0v) is 9.13. The molecule has 1 heterocycles. The molecule has 2 N–H and O–H groups in total. The van der Waals surface area contributed by atoms with Gasteiger partial charge in [0.05, 0.1) is 37.4 Å². The van der Waals surface area contributed by atoms with Crippen LogP contribution < -0.4 is 5.32 Å². The Kier molecular flexibility index (Phi) is 5.91. The number of hydrogen-bond donors (Lipinski definition) is 2. The van der Waals surface area contributed by atoms with Crippen molar-refractivity contribution in [3.8, 4) is 0 Å². The van der Waals surface area contributed by atoms with Crippen LogP contribution in [0.15, 0.2) is 10.9 Å². The van der Waals surface area contributed by atoms with E-state index in [1.165, 1.54) is 11.3 Å². The maximum atomic E-state index is 11.3. The number of nitrogens with zero attached hydrogens (tertiary/aromatic N) is 1. The van der Waals surface area contributed by atoms with E-state index in [2.05, 4.69) is 10.3 Å². The maximum absolute atomic E-state index is 11.3. The summed E-state index contributed by atoms with van der Waals surface area (Å²) in [5.41, 5.74) is 2.49. The monoisotopic (exact) mass is 230 g/mol. The summed E-state index contributed by atoms with van der Waals surface area (Å²) in [6.45, 7) is 1.20. The molecule has 0 fully saturated rings. The molecular formula is C9H14N2O3S. The lowest BCUT2D eigenvalue weighted by Crippen LogP contribution is -2.29. The van der Waals surface area contributed by atoms with E-state index in [9.17, 15) is 4.79 Å². The van der Waals surface area contributed by atoms with Crippen LogP contribution in [0.3, 0.4) is 0 Å². The number of aliphatic hydroxyl groups is 1. The minimum atomic E-state index is -0.0616. The van der Waals surface area contributed by atoms with Crippen molar-refractivity contribution >= 4 is 17.2 Å². The van der Waals surface area contributed by atoms with E-state index in [0.29, 0.717) is 26.2 Å². The van der Waals surface area contributed by atoms with Crippen molar-refractivity contribution in [1.82, 2.24) is 10.3 Å². The van der Waals surface area contributed by atoms with Gasteiger partial charge in [-0.1, -0.05) is 0 Å². The molecule has 0 bridgehead atoms. The average Bonchev–Trinajstić information content (AvgIpc) is 2.70. The number of carbonyl (C=O) groups is 1. The molecule has 1 amide bonds.